The molecule has 4 unspecified atom stereocenters. The van der Waals surface area contributed by atoms with Crippen molar-refractivity contribution in [2.75, 3.05) is 78.5 Å². The van der Waals surface area contributed by atoms with E-state index >= 15 is 0 Å². The predicted molar refractivity (Wildman–Crippen MR) is 361 cm³/mol. The highest BCUT2D eigenvalue weighted by atomic mass is 32.3. The lowest BCUT2D eigenvalue weighted by molar-refractivity contribution is -0.929. The van der Waals surface area contributed by atoms with Crippen molar-refractivity contribution in [2.45, 2.75) is 334 Å². The van der Waals surface area contributed by atoms with Crippen LogP contribution in [0.4, 0.5) is 19.2 Å². The van der Waals surface area contributed by atoms with Crippen LogP contribution in [0.3, 0.4) is 0 Å². The zero-order valence-corrected chi connectivity index (χ0v) is 60.8. The van der Waals surface area contributed by atoms with Crippen LogP contribution in [0.25, 0.3) is 0 Å². The van der Waals surface area contributed by atoms with Gasteiger partial charge in [-0.15, -0.1) is 0 Å². The van der Waals surface area contributed by atoms with Crippen LogP contribution in [-0.4, -0.2) is 242 Å². The number of ether oxygens (including phenoxy) is 2. The Morgan fingerprint density at radius 3 is 0.957 bits per heavy atom. The normalized spacial score (nSPS) is 26.0. The number of fused-ring (bicyclic) bond motifs is 8. The van der Waals surface area contributed by atoms with Crippen LogP contribution in [0.5, 0.6) is 0 Å². The highest BCUT2D eigenvalue weighted by molar-refractivity contribution is 7.79. The molecule has 8 fully saturated rings. The molecule has 93 heavy (non-hydrogen) atoms. The number of hydrogen-bond acceptors (Lipinski definition) is 12. The number of nitrogens with zero attached hydrogens (tertiary/aromatic N) is 8. The third kappa shape index (κ3) is 23.0. The second kappa shape index (κ2) is 35.9. The van der Waals surface area contributed by atoms with Gasteiger partial charge in [-0.3, -0.25) is 18.0 Å². The number of urea groups is 2. The SMILES string of the molecule is CCCC[N+](CCCC)(CCCC)CCCCN1C(=O)N2C[C@H]1CC[C@H]2C(=O)NC1CC2CCC(C1)N2C(=O)OC(C)(C)C.CCCC[N+](CCCC)(CCCC)CCCCN1C(=O)N2C[C@H]1CC[C@H]2C(=O)NC1CC2CCC(C1)N2C(=O)OC(C)(C)C.O=S(=O)([O-])[O-]. The van der Waals surface area contributed by atoms with Crippen LogP contribution < -0.4 is 10.6 Å². The first-order valence-electron chi connectivity index (χ1n) is 37.2. The molecule has 8 rings (SSSR count). The van der Waals surface area contributed by atoms with E-state index in [-0.39, 0.29) is 96.5 Å². The average Bonchev–Trinajstić information content (AvgIpc) is 1.66. The molecule has 0 aliphatic carbocycles. The van der Waals surface area contributed by atoms with Crippen LogP contribution in [0.2, 0.25) is 0 Å². The van der Waals surface area contributed by atoms with Gasteiger partial charge in [-0.1, -0.05) is 80.1 Å². The average molecular weight is 1330 g/mol. The number of rotatable bonds is 32. The Hall–Kier alpha value is -4.19. The fourth-order valence-corrected chi connectivity index (χ4v) is 16.8. The number of hydrogen-bond donors (Lipinski definition) is 2. The molecule has 0 saturated carbocycles. The Bertz CT molecular complexity index is 2260. The quantitative estimate of drug-likeness (QED) is 0.0276. The zero-order valence-electron chi connectivity index (χ0n) is 59.9. The van der Waals surface area contributed by atoms with E-state index in [4.69, 9.17) is 27.0 Å². The summed E-state index contributed by atoms with van der Waals surface area (Å²) in [6.07, 6.45) is 29.3. The van der Waals surface area contributed by atoms with Gasteiger partial charge >= 0.3 is 24.2 Å². The summed E-state index contributed by atoms with van der Waals surface area (Å²) in [6, 6.07) is 0.319. The number of carbonyl (C=O) groups is 6. The Morgan fingerprint density at radius 1 is 0.441 bits per heavy atom. The van der Waals surface area contributed by atoms with Crippen molar-refractivity contribution in [3.63, 3.8) is 0 Å². The Kier molecular flexibility index (Phi) is 30.0. The molecule has 22 nitrogen and oxygen atoms in total. The molecule has 0 aromatic carbocycles. The second-order valence-electron chi connectivity index (χ2n) is 31.1. The Balaban J connectivity index is 0.000000275. The topological polar surface area (TPSA) is 245 Å². The molecule has 8 bridgehead atoms. The van der Waals surface area contributed by atoms with Gasteiger partial charge in [-0.25, -0.2) is 19.2 Å². The fraction of sp³-hybridized carbons (Fsp3) is 0.914. The number of piperidine rings is 4. The summed E-state index contributed by atoms with van der Waals surface area (Å²) >= 11 is 0. The number of amides is 8. The molecule has 0 aromatic heterocycles. The lowest BCUT2D eigenvalue weighted by Gasteiger charge is -2.40. The molecule has 536 valence electrons. The molecular weight excluding hydrogens is 1200 g/mol. The molecule has 0 radical (unpaired) electrons. The molecule has 0 aromatic rings. The van der Waals surface area contributed by atoms with Gasteiger partial charge in [0.25, 0.3) is 0 Å². The largest absolute Gasteiger partial charge is 0.759 e. The third-order valence-electron chi connectivity index (χ3n) is 21.4. The molecule has 8 atom stereocenters. The summed E-state index contributed by atoms with van der Waals surface area (Å²) in [7, 11) is -5.17. The first kappa shape index (κ1) is 77.8. The standard InChI is InChI=1S/2C35H63N5O4.H2O4S/c2*1-7-10-20-40(21-11-8-2,22-12-9-3)23-14-13-19-37-30-17-18-31(38(26-30)33(37)42)32(41)36-27-24-28-15-16-29(25-27)39(28)34(43)44-35(4,5)6;1-5(2,3)4/h2*27-31H,7-26H2,1-6H3;(H2,1,2,3,4)/t2*27?,28?,29?,30-,31+;/m11./s1. The maximum Gasteiger partial charge on any atom is 0.410 e. The molecular formula is C70H128N10O12S. The Morgan fingerprint density at radius 2 is 0.699 bits per heavy atom. The van der Waals surface area contributed by atoms with Crippen molar-refractivity contribution in [1.82, 2.24) is 40.0 Å². The molecule has 8 saturated heterocycles. The summed E-state index contributed by atoms with van der Waals surface area (Å²) < 4.78 is 47.9. The van der Waals surface area contributed by atoms with Crippen molar-refractivity contribution < 1.29 is 64.7 Å². The van der Waals surface area contributed by atoms with E-state index in [9.17, 15) is 28.8 Å². The predicted octanol–water partition coefficient (Wildman–Crippen LogP) is 11.3. The number of unbranched alkanes of at least 4 members (excludes halogenated alkanes) is 8. The Labute approximate surface area is 561 Å². The van der Waals surface area contributed by atoms with Crippen LogP contribution in [0.1, 0.15) is 263 Å². The lowest BCUT2D eigenvalue weighted by Crippen LogP contribution is -2.57. The molecule has 8 heterocycles. The number of nitrogens with one attached hydrogen (secondary N) is 2. The van der Waals surface area contributed by atoms with Gasteiger partial charge in [0.05, 0.1) is 64.4 Å². The highest BCUT2D eigenvalue weighted by Crippen LogP contribution is 2.40. The summed E-state index contributed by atoms with van der Waals surface area (Å²) in [5.41, 5.74) is -1.03. The van der Waals surface area contributed by atoms with E-state index in [0.29, 0.717) is 13.1 Å². The van der Waals surface area contributed by atoms with E-state index < -0.39 is 21.6 Å². The summed E-state index contributed by atoms with van der Waals surface area (Å²) in [5, 5.41) is 6.60. The minimum absolute atomic E-state index is 0.0152. The van der Waals surface area contributed by atoms with Gasteiger partial charge in [-0.05, 0) is 183 Å². The van der Waals surface area contributed by atoms with Gasteiger partial charge in [0.15, 0.2) is 0 Å². The van der Waals surface area contributed by atoms with Gasteiger partial charge in [0, 0.05) is 72.8 Å². The van der Waals surface area contributed by atoms with Gasteiger partial charge < -0.3 is 67.6 Å². The monoisotopic (exact) mass is 1330 g/mol. The van der Waals surface area contributed by atoms with Gasteiger partial charge in [0.1, 0.15) is 23.3 Å². The molecule has 8 aliphatic rings. The van der Waals surface area contributed by atoms with E-state index in [0.717, 1.165) is 116 Å². The molecule has 8 amide bonds. The minimum Gasteiger partial charge on any atom is -0.759 e. The van der Waals surface area contributed by atoms with Crippen LogP contribution in [0.15, 0.2) is 0 Å². The van der Waals surface area contributed by atoms with E-state index in [1.165, 1.54) is 138 Å². The first-order chi connectivity index (χ1) is 44.0. The number of carbonyl (C=O) groups excluding carboxylic acids is 6. The van der Waals surface area contributed by atoms with E-state index in [2.05, 4.69) is 62.0 Å². The van der Waals surface area contributed by atoms with Crippen molar-refractivity contribution in [2.24, 2.45) is 0 Å². The van der Waals surface area contributed by atoms with Crippen molar-refractivity contribution in [3.8, 4) is 0 Å². The maximum absolute atomic E-state index is 13.6. The van der Waals surface area contributed by atoms with E-state index in [1.807, 2.05) is 61.1 Å². The highest BCUT2D eigenvalue weighted by Gasteiger charge is 2.51. The molecule has 0 spiro atoms. The van der Waals surface area contributed by atoms with Crippen molar-refractivity contribution in [3.05, 3.63) is 0 Å². The van der Waals surface area contributed by atoms with Crippen molar-refractivity contribution in [1.29, 1.82) is 0 Å². The smallest absolute Gasteiger partial charge is 0.410 e. The van der Waals surface area contributed by atoms with Crippen LogP contribution in [0, 0.1) is 0 Å². The van der Waals surface area contributed by atoms with Crippen LogP contribution >= 0.6 is 0 Å². The van der Waals surface area contributed by atoms with E-state index in [1.54, 1.807) is 0 Å². The third-order valence-corrected chi connectivity index (χ3v) is 21.4. The lowest BCUT2D eigenvalue weighted by atomic mass is 9.95. The van der Waals surface area contributed by atoms with Gasteiger partial charge in [-0.2, -0.15) is 0 Å². The zero-order chi connectivity index (χ0) is 68.3. The second-order valence-corrected chi connectivity index (χ2v) is 31.9. The van der Waals surface area contributed by atoms with Crippen molar-refractivity contribution >= 4 is 46.5 Å². The summed E-state index contributed by atoms with van der Waals surface area (Å²) in [5.74, 6) is -0.0303. The molecule has 23 heteroatoms. The number of quaternary nitrogens is 2. The molecule has 2 N–H and O–H groups in total. The summed E-state index contributed by atoms with van der Waals surface area (Å²) in [4.78, 5) is 91.6. The first-order valence-corrected chi connectivity index (χ1v) is 38.5. The summed E-state index contributed by atoms with van der Waals surface area (Å²) in [6.45, 7) is 38.3. The van der Waals surface area contributed by atoms with Gasteiger partial charge in [0.2, 0.25) is 11.8 Å². The maximum atomic E-state index is 13.6. The minimum atomic E-state index is -5.17. The fourth-order valence-electron chi connectivity index (χ4n) is 16.8. The molecule has 8 aliphatic heterocycles. The van der Waals surface area contributed by atoms with Crippen LogP contribution in [-0.2, 0) is 29.5 Å².